The highest BCUT2D eigenvalue weighted by Gasteiger charge is 2.37. The lowest BCUT2D eigenvalue weighted by atomic mass is 9.90. The molecular formula is C17H25NO4. The summed E-state index contributed by atoms with van der Waals surface area (Å²) in [6.45, 7) is 6.48. The molecule has 2 saturated heterocycles. The SMILES string of the molecule is CCc1ccc([C@@H]2C[C@H](C)CCN2C(=O)[C@@H]2COCCO2)o1. The maximum Gasteiger partial charge on any atom is 0.254 e. The van der Waals surface area contributed by atoms with E-state index in [1.807, 2.05) is 17.0 Å². The third kappa shape index (κ3) is 3.20. The van der Waals surface area contributed by atoms with Gasteiger partial charge in [0.15, 0.2) is 6.10 Å². The topological polar surface area (TPSA) is 51.9 Å². The van der Waals surface area contributed by atoms with Crippen molar-refractivity contribution in [2.75, 3.05) is 26.4 Å². The Labute approximate surface area is 131 Å². The molecule has 2 fully saturated rings. The fourth-order valence-corrected chi connectivity index (χ4v) is 3.25. The van der Waals surface area contributed by atoms with E-state index in [9.17, 15) is 4.79 Å². The molecule has 22 heavy (non-hydrogen) atoms. The van der Waals surface area contributed by atoms with Crippen molar-refractivity contribution in [1.82, 2.24) is 4.90 Å². The zero-order valence-corrected chi connectivity index (χ0v) is 13.4. The number of carbonyl (C=O) groups excluding carboxylic acids is 1. The third-order valence-electron chi connectivity index (χ3n) is 4.60. The fraction of sp³-hybridized carbons (Fsp3) is 0.706. The van der Waals surface area contributed by atoms with Crippen LogP contribution in [0.25, 0.3) is 0 Å². The molecule has 0 unspecified atom stereocenters. The summed E-state index contributed by atoms with van der Waals surface area (Å²) < 4.78 is 16.9. The van der Waals surface area contributed by atoms with Gasteiger partial charge in [0.2, 0.25) is 0 Å². The Morgan fingerprint density at radius 3 is 2.91 bits per heavy atom. The van der Waals surface area contributed by atoms with Crippen LogP contribution in [0.15, 0.2) is 16.5 Å². The summed E-state index contributed by atoms with van der Waals surface area (Å²) in [5.74, 6) is 2.49. The maximum atomic E-state index is 12.8. The molecule has 0 saturated carbocycles. The van der Waals surface area contributed by atoms with E-state index in [0.29, 0.717) is 25.7 Å². The minimum Gasteiger partial charge on any atom is -0.464 e. The van der Waals surface area contributed by atoms with E-state index in [1.165, 1.54) is 0 Å². The number of nitrogens with zero attached hydrogens (tertiary/aromatic N) is 1. The van der Waals surface area contributed by atoms with E-state index in [2.05, 4.69) is 13.8 Å². The minimum atomic E-state index is -0.467. The van der Waals surface area contributed by atoms with Gasteiger partial charge in [0.05, 0.1) is 25.9 Å². The van der Waals surface area contributed by atoms with Crippen molar-refractivity contribution in [2.45, 2.75) is 45.3 Å². The molecule has 0 bridgehead atoms. The number of rotatable bonds is 3. The van der Waals surface area contributed by atoms with Gasteiger partial charge in [-0.3, -0.25) is 4.79 Å². The van der Waals surface area contributed by atoms with Crippen molar-refractivity contribution < 1.29 is 18.7 Å². The highest BCUT2D eigenvalue weighted by atomic mass is 16.6. The lowest BCUT2D eigenvalue weighted by molar-refractivity contribution is -0.162. The van der Waals surface area contributed by atoms with Crippen LogP contribution in [0.3, 0.4) is 0 Å². The number of amides is 1. The Balaban J connectivity index is 1.78. The first kappa shape index (κ1) is 15.6. The first-order valence-corrected chi connectivity index (χ1v) is 8.27. The Kier molecular flexibility index (Phi) is 4.84. The van der Waals surface area contributed by atoms with Gasteiger partial charge in [-0.2, -0.15) is 0 Å². The summed E-state index contributed by atoms with van der Waals surface area (Å²) in [7, 11) is 0. The van der Waals surface area contributed by atoms with Crippen LogP contribution in [-0.2, 0) is 20.7 Å². The summed E-state index contributed by atoms with van der Waals surface area (Å²) in [5, 5.41) is 0. The van der Waals surface area contributed by atoms with Crippen molar-refractivity contribution >= 4 is 5.91 Å². The number of aryl methyl sites for hydroxylation is 1. The fourth-order valence-electron chi connectivity index (χ4n) is 3.25. The number of furan rings is 1. The van der Waals surface area contributed by atoms with Crippen LogP contribution < -0.4 is 0 Å². The lowest BCUT2D eigenvalue weighted by Gasteiger charge is -2.39. The number of likely N-dealkylation sites (tertiary alicyclic amines) is 1. The molecule has 2 aliphatic rings. The van der Waals surface area contributed by atoms with Gasteiger partial charge >= 0.3 is 0 Å². The highest BCUT2D eigenvalue weighted by molar-refractivity contribution is 5.81. The van der Waals surface area contributed by atoms with E-state index in [-0.39, 0.29) is 11.9 Å². The second kappa shape index (κ2) is 6.84. The van der Waals surface area contributed by atoms with Gasteiger partial charge < -0.3 is 18.8 Å². The summed E-state index contributed by atoms with van der Waals surface area (Å²) >= 11 is 0. The second-order valence-electron chi connectivity index (χ2n) is 6.27. The summed E-state index contributed by atoms with van der Waals surface area (Å²) in [4.78, 5) is 14.7. The Morgan fingerprint density at radius 1 is 1.36 bits per heavy atom. The average molecular weight is 307 g/mol. The Hall–Kier alpha value is -1.33. The van der Waals surface area contributed by atoms with E-state index >= 15 is 0 Å². The molecule has 1 aromatic heterocycles. The molecule has 122 valence electrons. The van der Waals surface area contributed by atoms with Gasteiger partial charge in [-0.25, -0.2) is 0 Å². The molecule has 5 nitrogen and oxygen atoms in total. The molecule has 0 aliphatic carbocycles. The number of piperidine rings is 1. The molecule has 1 aromatic rings. The van der Waals surface area contributed by atoms with E-state index in [4.69, 9.17) is 13.9 Å². The van der Waals surface area contributed by atoms with Gasteiger partial charge in [0, 0.05) is 13.0 Å². The molecule has 3 rings (SSSR count). The lowest BCUT2D eigenvalue weighted by Crippen LogP contribution is -2.49. The molecule has 0 N–H and O–H groups in total. The predicted molar refractivity (Wildman–Crippen MR) is 81.5 cm³/mol. The molecule has 0 spiro atoms. The second-order valence-corrected chi connectivity index (χ2v) is 6.27. The quantitative estimate of drug-likeness (QED) is 0.861. The minimum absolute atomic E-state index is 0.0158. The van der Waals surface area contributed by atoms with Gasteiger partial charge in [0.25, 0.3) is 5.91 Å². The first-order chi connectivity index (χ1) is 10.7. The molecule has 2 aliphatic heterocycles. The zero-order chi connectivity index (χ0) is 15.5. The van der Waals surface area contributed by atoms with Crippen LogP contribution in [-0.4, -0.2) is 43.3 Å². The largest absolute Gasteiger partial charge is 0.464 e. The Bertz CT molecular complexity index is 507. The zero-order valence-electron chi connectivity index (χ0n) is 13.4. The average Bonchev–Trinajstić information content (AvgIpc) is 3.04. The van der Waals surface area contributed by atoms with Crippen LogP contribution >= 0.6 is 0 Å². The summed E-state index contributed by atoms with van der Waals surface area (Å²) in [6.07, 6.45) is 2.37. The molecule has 0 radical (unpaired) electrons. The number of hydrogen-bond acceptors (Lipinski definition) is 4. The van der Waals surface area contributed by atoms with Crippen molar-refractivity contribution in [3.8, 4) is 0 Å². The van der Waals surface area contributed by atoms with Crippen LogP contribution in [0.2, 0.25) is 0 Å². The number of hydrogen-bond donors (Lipinski definition) is 0. The van der Waals surface area contributed by atoms with Gasteiger partial charge in [-0.05, 0) is 30.9 Å². The van der Waals surface area contributed by atoms with Crippen LogP contribution in [0.1, 0.15) is 44.3 Å². The smallest absolute Gasteiger partial charge is 0.254 e. The predicted octanol–water partition coefficient (Wildman–Crippen LogP) is 2.56. The van der Waals surface area contributed by atoms with Crippen molar-refractivity contribution in [2.24, 2.45) is 5.92 Å². The third-order valence-corrected chi connectivity index (χ3v) is 4.60. The van der Waals surface area contributed by atoms with Crippen molar-refractivity contribution in [1.29, 1.82) is 0 Å². The van der Waals surface area contributed by atoms with Crippen LogP contribution in [0.4, 0.5) is 0 Å². The standard InChI is InChI=1S/C17H25NO4/c1-3-13-4-5-15(22-13)14-10-12(2)6-7-18(14)17(19)16-11-20-8-9-21-16/h4-5,12,14,16H,3,6-11H2,1-2H3/t12-,14+,16+/m1/s1. The monoisotopic (exact) mass is 307 g/mol. The van der Waals surface area contributed by atoms with Gasteiger partial charge in [0.1, 0.15) is 11.5 Å². The first-order valence-electron chi connectivity index (χ1n) is 8.27. The number of carbonyl (C=O) groups is 1. The Morgan fingerprint density at radius 2 is 2.23 bits per heavy atom. The molecule has 3 atom stereocenters. The van der Waals surface area contributed by atoms with Crippen molar-refractivity contribution in [3.05, 3.63) is 23.7 Å². The number of ether oxygens (including phenoxy) is 2. The van der Waals surface area contributed by atoms with E-state index in [0.717, 1.165) is 37.3 Å². The summed E-state index contributed by atoms with van der Waals surface area (Å²) in [5.41, 5.74) is 0. The van der Waals surface area contributed by atoms with Gasteiger partial charge in [-0.15, -0.1) is 0 Å². The van der Waals surface area contributed by atoms with Crippen molar-refractivity contribution in [3.63, 3.8) is 0 Å². The summed E-state index contributed by atoms with van der Waals surface area (Å²) in [6, 6.07) is 4.04. The normalized spacial score (nSPS) is 29.5. The van der Waals surface area contributed by atoms with E-state index in [1.54, 1.807) is 0 Å². The molecule has 3 heterocycles. The van der Waals surface area contributed by atoms with Crippen LogP contribution in [0.5, 0.6) is 0 Å². The molecule has 1 amide bonds. The highest BCUT2D eigenvalue weighted by Crippen LogP contribution is 2.35. The maximum absolute atomic E-state index is 12.8. The van der Waals surface area contributed by atoms with Gasteiger partial charge in [-0.1, -0.05) is 13.8 Å². The molecule has 0 aromatic carbocycles. The molecular weight excluding hydrogens is 282 g/mol. The molecule has 5 heteroatoms. The van der Waals surface area contributed by atoms with E-state index < -0.39 is 6.10 Å². The van der Waals surface area contributed by atoms with Crippen LogP contribution in [0, 0.1) is 5.92 Å².